The number of ketones is 1. The number of carbonyl (C=O) groups excluding carboxylic acids is 1. The molecule has 0 aromatic carbocycles. The summed E-state index contributed by atoms with van der Waals surface area (Å²) in [4.78, 5) is 20.2. The Labute approximate surface area is 101 Å². The number of aliphatic carboxylic acids is 1. The summed E-state index contributed by atoms with van der Waals surface area (Å²) in [5, 5.41) is 16.9. The van der Waals surface area contributed by atoms with E-state index in [1.165, 1.54) is 6.92 Å². The molecule has 0 saturated carbocycles. The van der Waals surface area contributed by atoms with Crippen molar-refractivity contribution >= 4 is 11.8 Å². The normalized spacial score (nSPS) is 11.5. The van der Waals surface area contributed by atoms with E-state index in [0.717, 1.165) is 0 Å². The second-order valence-corrected chi connectivity index (χ2v) is 2.16. The first-order valence-electron chi connectivity index (χ1n) is 2.91. The zero-order valence-corrected chi connectivity index (χ0v) is 11.0. The fourth-order valence-electron chi connectivity index (χ4n) is 0.606. The smallest absolute Gasteiger partial charge is 0.305 e. The molecule has 0 aliphatic carbocycles. The molecule has 1 atom stereocenters. The minimum absolute atomic E-state index is 0. The summed E-state index contributed by atoms with van der Waals surface area (Å²) in [7, 11) is 0. The average molecular weight is 373 g/mol. The van der Waals surface area contributed by atoms with Gasteiger partial charge < -0.3 is 10.2 Å². The third kappa shape index (κ3) is 10.5. The Morgan fingerprint density at radius 2 is 1.82 bits per heavy atom. The SMILES string of the molecule is CC(=O)CC(O)CC(=O)O.[Ac]. The fraction of sp³-hybridized carbons (Fsp3) is 0.667. The Hall–Kier alpha value is 0.542. The van der Waals surface area contributed by atoms with Crippen molar-refractivity contribution in [2.75, 3.05) is 0 Å². The molecular weight excluding hydrogens is 363 g/mol. The summed E-state index contributed by atoms with van der Waals surface area (Å²) in [5.41, 5.74) is 0. The van der Waals surface area contributed by atoms with Crippen molar-refractivity contribution < 1.29 is 63.9 Å². The van der Waals surface area contributed by atoms with Crippen LogP contribution in [0.15, 0.2) is 0 Å². The van der Waals surface area contributed by atoms with E-state index in [1.807, 2.05) is 0 Å². The molecule has 0 heterocycles. The molecule has 0 spiro atoms. The van der Waals surface area contributed by atoms with Gasteiger partial charge >= 0.3 is 5.97 Å². The molecule has 2 N–H and O–H groups in total. The minimum Gasteiger partial charge on any atom is -0.481 e. The van der Waals surface area contributed by atoms with Crippen LogP contribution in [0.3, 0.4) is 0 Å². The molecule has 0 aromatic rings. The van der Waals surface area contributed by atoms with Gasteiger partial charge in [-0.25, -0.2) is 0 Å². The van der Waals surface area contributed by atoms with E-state index < -0.39 is 12.1 Å². The molecule has 61 valence electrons. The summed E-state index contributed by atoms with van der Waals surface area (Å²) in [5.74, 6) is -1.29. The van der Waals surface area contributed by atoms with Crippen LogP contribution in [0.5, 0.6) is 0 Å². The molecule has 0 aromatic heterocycles. The van der Waals surface area contributed by atoms with Crippen LogP contribution in [-0.2, 0) is 9.59 Å². The first-order chi connectivity index (χ1) is 4.52. The van der Waals surface area contributed by atoms with Gasteiger partial charge in [0.1, 0.15) is 5.78 Å². The summed E-state index contributed by atoms with van der Waals surface area (Å²) in [6.07, 6.45) is -1.47. The molecule has 11 heavy (non-hydrogen) atoms. The molecule has 5 heteroatoms. The summed E-state index contributed by atoms with van der Waals surface area (Å²) >= 11 is 0. The predicted molar refractivity (Wildman–Crippen MR) is 33.6 cm³/mol. The Morgan fingerprint density at radius 1 is 1.36 bits per heavy atom. The third-order valence-electron chi connectivity index (χ3n) is 0.933. The number of aliphatic hydroxyl groups excluding tert-OH is 1. The van der Waals surface area contributed by atoms with Gasteiger partial charge in [-0.1, -0.05) is 0 Å². The first kappa shape index (κ1) is 14.1. The van der Waals surface area contributed by atoms with Crippen molar-refractivity contribution in [3.63, 3.8) is 0 Å². The molecule has 0 aliphatic heterocycles. The average Bonchev–Trinajstić information content (AvgIpc) is 1.58. The van der Waals surface area contributed by atoms with E-state index in [1.54, 1.807) is 0 Å². The molecule has 1 radical (unpaired) electrons. The summed E-state index contributed by atoms with van der Waals surface area (Å²) in [6, 6.07) is 0. The zero-order chi connectivity index (χ0) is 8.15. The van der Waals surface area contributed by atoms with Crippen molar-refractivity contribution in [1.82, 2.24) is 0 Å². The topological polar surface area (TPSA) is 74.6 Å². The van der Waals surface area contributed by atoms with Gasteiger partial charge in [-0.15, -0.1) is 0 Å². The van der Waals surface area contributed by atoms with E-state index in [-0.39, 0.29) is 62.7 Å². The Morgan fingerprint density at radius 3 is 2.09 bits per heavy atom. The Kier molecular flexibility index (Phi) is 9.23. The van der Waals surface area contributed by atoms with Crippen LogP contribution in [0.25, 0.3) is 0 Å². The number of Topliss-reactive ketones (excluding diaryl/α,β-unsaturated/α-hetero) is 1. The van der Waals surface area contributed by atoms with Gasteiger partial charge in [-0.3, -0.25) is 9.59 Å². The standard InChI is InChI=1S/C6H10O4.Ac/c1-4(7)2-5(8)3-6(9)10;/h5,8H,2-3H2,1H3,(H,9,10);. The van der Waals surface area contributed by atoms with Crippen LogP contribution < -0.4 is 0 Å². The van der Waals surface area contributed by atoms with Crippen LogP contribution >= 0.6 is 0 Å². The summed E-state index contributed by atoms with van der Waals surface area (Å²) < 4.78 is 0. The van der Waals surface area contributed by atoms with Crippen LogP contribution in [-0.4, -0.2) is 28.1 Å². The van der Waals surface area contributed by atoms with Gasteiger partial charge in [0, 0.05) is 50.5 Å². The molecular formula is C6H10AcO4. The second kappa shape index (κ2) is 7.20. The molecule has 0 saturated heterocycles. The zero-order valence-electron chi connectivity index (χ0n) is 6.28. The molecule has 0 fully saturated rings. The summed E-state index contributed by atoms with van der Waals surface area (Å²) in [6.45, 7) is 1.31. The van der Waals surface area contributed by atoms with E-state index in [2.05, 4.69) is 0 Å². The van der Waals surface area contributed by atoms with Crippen molar-refractivity contribution in [2.45, 2.75) is 25.9 Å². The largest absolute Gasteiger partial charge is 0.481 e. The van der Waals surface area contributed by atoms with Crippen LogP contribution in [0.2, 0.25) is 0 Å². The quantitative estimate of drug-likeness (QED) is 0.716. The maximum Gasteiger partial charge on any atom is 0.305 e. The first-order valence-corrected chi connectivity index (χ1v) is 2.91. The molecule has 4 nitrogen and oxygen atoms in total. The monoisotopic (exact) mass is 373 g/mol. The second-order valence-electron chi connectivity index (χ2n) is 2.16. The molecule has 1 unspecified atom stereocenters. The van der Waals surface area contributed by atoms with E-state index in [4.69, 9.17) is 10.2 Å². The van der Waals surface area contributed by atoms with Crippen molar-refractivity contribution in [3.8, 4) is 0 Å². The number of aliphatic hydroxyl groups is 1. The number of hydrogen-bond acceptors (Lipinski definition) is 3. The maximum atomic E-state index is 10.3. The van der Waals surface area contributed by atoms with E-state index in [9.17, 15) is 9.59 Å². The predicted octanol–water partition coefficient (Wildman–Crippen LogP) is -0.199. The van der Waals surface area contributed by atoms with Crippen molar-refractivity contribution in [1.29, 1.82) is 0 Å². The molecule has 0 amide bonds. The van der Waals surface area contributed by atoms with Crippen LogP contribution in [0.4, 0.5) is 0 Å². The van der Waals surface area contributed by atoms with Gasteiger partial charge in [0.2, 0.25) is 0 Å². The van der Waals surface area contributed by atoms with Gasteiger partial charge in [0.05, 0.1) is 12.5 Å². The third-order valence-corrected chi connectivity index (χ3v) is 0.933. The Bertz CT molecular complexity index is 130. The minimum atomic E-state index is -1.09. The number of carbonyl (C=O) groups is 2. The maximum absolute atomic E-state index is 10.3. The molecule has 0 rings (SSSR count). The van der Waals surface area contributed by atoms with Gasteiger partial charge in [-0.05, 0) is 6.92 Å². The Balaban J connectivity index is 0. The fourth-order valence-corrected chi connectivity index (χ4v) is 0.606. The molecule has 0 bridgehead atoms. The van der Waals surface area contributed by atoms with Crippen LogP contribution in [0.1, 0.15) is 19.8 Å². The number of rotatable bonds is 4. The van der Waals surface area contributed by atoms with Crippen molar-refractivity contribution in [3.05, 3.63) is 0 Å². The van der Waals surface area contributed by atoms with Gasteiger partial charge in [0.15, 0.2) is 0 Å². The number of hydrogen-bond donors (Lipinski definition) is 2. The van der Waals surface area contributed by atoms with E-state index in [0.29, 0.717) is 0 Å². The van der Waals surface area contributed by atoms with Crippen LogP contribution in [0, 0.1) is 44.1 Å². The molecule has 0 aliphatic rings. The van der Waals surface area contributed by atoms with Gasteiger partial charge in [0.25, 0.3) is 0 Å². The van der Waals surface area contributed by atoms with E-state index >= 15 is 0 Å². The number of carboxylic acid groups (broad SMARTS) is 1. The van der Waals surface area contributed by atoms with Gasteiger partial charge in [-0.2, -0.15) is 0 Å². The number of carboxylic acids is 1. The van der Waals surface area contributed by atoms with Crippen molar-refractivity contribution in [2.24, 2.45) is 0 Å².